The third-order valence-electron chi connectivity index (χ3n) is 3.08. The average molecular weight is 220 g/mol. The Kier molecular flexibility index (Phi) is 3.72. The van der Waals surface area contributed by atoms with Gasteiger partial charge in [-0.05, 0) is 26.3 Å². The van der Waals surface area contributed by atoms with Gasteiger partial charge < -0.3 is 10.2 Å². The van der Waals surface area contributed by atoms with E-state index in [1.54, 1.807) is 0 Å². The third kappa shape index (κ3) is 2.50. The molecule has 1 unspecified atom stereocenters. The van der Waals surface area contributed by atoms with E-state index in [4.69, 9.17) is 0 Å². The van der Waals surface area contributed by atoms with Gasteiger partial charge in [-0.15, -0.1) is 0 Å². The molecule has 0 radical (unpaired) electrons. The summed E-state index contributed by atoms with van der Waals surface area (Å²) in [6.07, 6.45) is 6.36. The van der Waals surface area contributed by atoms with Crippen LogP contribution in [0.1, 0.15) is 32.3 Å². The monoisotopic (exact) mass is 220 g/mol. The minimum Gasteiger partial charge on any atom is -0.338 e. The van der Waals surface area contributed by atoms with Gasteiger partial charge in [0.25, 0.3) is 0 Å². The van der Waals surface area contributed by atoms with Gasteiger partial charge >= 0.3 is 0 Å². The Hall–Kier alpha value is -1.16. The Labute approximate surface area is 97.1 Å². The highest BCUT2D eigenvalue weighted by Gasteiger charge is 2.22. The SMILES string of the molecule is CCNCc1cnc(N2CCCC2C)nc1. The van der Waals surface area contributed by atoms with E-state index < -0.39 is 0 Å². The summed E-state index contributed by atoms with van der Waals surface area (Å²) in [5, 5.41) is 3.27. The maximum Gasteiger partial charge on any atom is 0.225 e. The Morgan fingerprint density at radius 1 is 1.44 bits per heavy atom. The molecule has 88 valence electrons. The molecule has 1 saturated heterocycles. The number of anilines is 1. The molecule has 1 aromatic heterocycles. The number of hydrogen-bond donors (Lipinski definition) is 1. The Bertz CT molecular complexity index is 322. The van der Waals surface area contributed by atoms with Crippen molar-refractivity contribution in [3.05, 3.63) is 18.0 Å². The van der Waals surface area contributed by atoms with Crippen LogP contribution in [-0.2, 0) is 6.54 Å². The van der Waals surface area contributed by atoms with Gasteiger partial charge in [-0.25, -0.2) is 9.97 Å². The Morgan fingerprint density at radius 3 is 2.75 bits per heavy atom. The zero-order valence-corrected chi connectivity index (χ0v) is 10.1. The summed E-state index contributed by atoms with van der Waals surface area (Å²) < 4.78 is 0. The molecule has 0 aliphatic carbocycles. The lowest BCUT2D eigenvalue weighted by Crippen LogP contribution is -2.28. The van der Waals surface area contributed by atoms with Gasteiger partial charge in [-0.1, -0.05) is 6.92 Å². The van der Waals surface area contributed by atoms with Crippen molar-refractivity contribution < 1.29 is 0 Å². The van der Waals surface area contributed by atoms with Crippen molar-refractivity contribution in [2.75, 3.05) is 18.0 Å². The standard InChI is InChI=1S/C12H20N4/c1-3-13-7-11-8-14-12(15-9-11)16-6-4-5-10(16)2/h8-10,13H,3-7H2,1-2H3. The summed E-state index contributed by atoms with van der Waals surface area (Å²) in [6, 6.07) is 0.583. The zero-order chi connectivity index (χ0) is 11.4. The lowest BCUT2D eigenvalue weighted by molar-refractivity contribution is 0.704. The summed E-state index contributed by atoms with van der Waals surface area (Å²) in [4.78, 5) is 11.2. The van der Waals surface area contributed by atoms with Crippen molar-refractivity contribution in [1.29, 1.82) is 0 Å². The van der Waals surface area contributed by atoms with Gasteiger partial charge in [0.1, 0.15) is 0 Å². The van der Waals surface area contributed by atoms with Crippen LogP contribution in [0.15, 0.2) is 12.4 Å². The smallest absolute Gasteiger partial charge is 0.225 e. The highest BCUT2D eigenvalue weighted by Crippen LogP contribution is 2.21. The first-order valence-electron chi connectivity index (χ1n) is 6.09. The molecule has 0 aromatic carbocycles. The summed E-state index contributed by atoms with van der Waals surface area (Å²) in [7, 11) is 0. The highest BCUT2D eigenvalue weighted by atomic mass is 15.3. The predicted octanol–water partition coefficient (Wildman–Crippen LogP) is 1.57. The van der Waals surface area contributed by atoms with Crippen LogP contribution < -0.4 is 10.2 Å². The lowest BCUT2D eigenvalue weighted by atomic mass is 10.2. The van der Waals surface area contributed by atoms with Crippen LogP contribution in [0.4, 0.5) is 5.95 Å². The highest BCUT2D eigenvalue weighted by molar-refractivity contribution is 5.32. The molecule has 0 saturated carbocycles. The number of rotatable bonds is 4. The molecule has 0 amide bonds. The second-order valence-electron chi connectivity index (χ2n) is 4.36. The fourth-order valence-electron chi connectivity index (χ4n) is 2.09. The topological polar surface area (TPSA) is 41.1 Å². The summed E-state index contributed by atoms with van der Waals surface area (Å²) in [6.45, 7) is 7.26. The van der Waals surface area contributed by atoms with Crippen LogP contribution >= 0.6 is 0 Å². The normalized spacial score (nSPS) is 20.4. The second kappa shape index (κ2) is 5.25. The number of nitrogens with one attached hydrogen (secondary N) is 1. The third-order valence-corrected chi connectivity index (χ3v) is 3.08. The van der Waals surface area contributed by atoms with E-state index in [1.165, 1.54) is 12.8 Å². The Morgan fingerprint density at radius 2 is 2.19 bits per heavy atom. The van der Waals surface area contributed by atoms with E-state index in [2.05, 4.69) is 34.0 Å². The number of nitrogens with zero attached hydrogens (tertiary/aromatic N) is 3. The average Bonchev–Trinajstić information content (AvgIpc) is 2.74. The van der Waals surface area contributed by atoms with Crippen LogP contribution in [0.2, 0.25) is 0 Å². The molecular weight excluding hydrogens is 200 g/mol. The quantitative estimate of drug-likeness (QED) is 0.836. The maximum absolute atomic E-state index is 4.44. The van der Waals surface area contributed by atoms with Crippen LogP contribution in [0.3, 0.4) is 0 Å². The van der Waals surface area contributed by atoms with Crippen molar-refractivity contribution in [3.63, 3.8) is 0 Å². The fourth-order valence-corrected chi connectivity index (χ4v) is 2.09. The van der Waals surface area contributed by atoms with E-state index in [1.807, 2.05) is 12.4 Å². The fraction of sp³-hybridized carbons (Fsp3) is 0.667. The van der Waals surface area contributed by atoms with Crippen LogP contribution in [0, 0.1) is 0 Å². The molecule has 1 aliphatic rings. The van der Waals surface area contributed by atoms with Crippen LogP contribution in [0.5, 0.6) is 0 Å². The molecule has 1 aliphatic heterocycles. The van der Waals surface area contributed by atoms with Gasteiger partial charge in [0.2, 0.25) is 5.95 Å². The van der Waals surface area contributed by atoms with Crippen molar-refractivity contribution in [3.8, 4) is 0 Å². The van der Waals surface area contributed by atoms with Crippen molar-refractivity contribution >= 4 is 5.95 Å². The molecule has 2 heterocycles. The van der Waals surface area contributed by atoms with Gasteiger partial charge in [-0.2, -0.15) is 0 Å². The zero-order valence-electron chi connectivity index (χ0n) is 10.1. The molecule has 1 aromatic rings. The van der Waals surface area contributed by atoms with E-state index in [0.29, 0.717) is 6.04 Å². The molecule has 0 spiro atoms. The summed E-state index contributed by atoms with van der Waals surface area (Å²) >= 11 is 0. The van der Waals surface area contributed by atoms with Gasteiger partial charge in [0.15, 0.2) is 0 Å². The molecule has 1 atom stereocenters. The summed E-state index contributed by atoms with van der Waals surface area (Å²) in [5.74, 6) is 0.880. The van der Waals surface area contributed by atoms with Crippen molar-refractivity contribution in [2.24, 2.45) is 0 Å². The molecule has 1 fully saturated rings. The predicted molar refractivity (Wildman–Crippen MR) is 65.5 cm³/mol. The largest absolute Gasteiger partial charge is 0.338 e. The minimum atomic E-state index is 0.583. The van der Waals surface area contributed by atoms with E-state index >= 15 is 0 Å². The molecule has 16 heavy (non-hydrogen) atoms. The Balaban J connectivity index is 2.01. The van der Waals surface area contributed by atoms with E-state index in [9.17, 15) is 0 Å². The first kappa shape index (κ1) is 11.3. The maximum atomic E-state index is 4.44. The molecule has 4 nitrogen and oxygen atoms in total. The van der Waals surface area contributed by atoms with E-state index in [-0.39, 0.29) is 0 Å². The molecule has 4 heteroatoms. The summed E-state index contributed by atoms with van der Waals surface area (Å²) in [5.41, 5.74) is 1.15. The molecular formula is C12H20N4. The lowest BCUT2D eigenvalue weighted by Gasteiger charge is -2.21. The van der Waals surface area contributed by atoms with E-state index in [0.717, 1.165) is 31.1 Å². The van der Waals surface area contributed by atoms with Crippen molar-refractivity contribution in [1.82, 2.24) is 15.3 Å². The first-order valence-corrected chi connectivity index (χ1v) is 6.09. The van der Waals surface area contributed by atoms with Gasteiger partial charge in [0, 0.05) is 37.1 Å². The van der Waals surface area contributed by atoms with Gasteiger partial charge in [-0.3, -0.25) is 0 Å². The second-order valence-corrected chi connectivity index (χ2v) is 4.36. The van der Waals surface area contributed by atoms with Crippen LogP contribution in [0.25, 0.3) is 0 Å². The molecule has 2 rings (SSSR count). The molecule has 0 bridgehead atoms. The number of aromatic nitrogens is 2. The minimum absolute atomic E-state index is 0.583. The first-order chi connectivity index (χ1) is 7.81. The van der Waals surface area contributed by atoms with Crippen molar-refractivity contribution in [2.45, 2.75) is 39.3 Å². The van der Waals surface area contributed by atoms with Gasteiger partial charge in [0.05, 0.1) is 0 Å². The molecule has 1 N–H and O–H groups in total. The number of hydrogen-bond acceptors (Lipinski definition) is 4. The van der Waals surface area contributed by atoms with Crippen LogP contribution in [-0.4, -0.2) is 29.1 Å².